The second kappa shape index (κ2) is 8.73. The smallest absolute Gasteiger partial charge is 0.283 e. The lowest BCUT2D eigenvalue weighted by molar-refractivity contribution is -0.125. The molecule has 2 aromatic heterocycles. The minimum absolute atomic E-state index is 0.139. The largest absolute Gasteiger partial charge is 0.459 e. The number of carbonyl (C=O) groups is 2. The predicted octanol–water partition coefficient (Wildman–Crippen LogP) is 3.25. The highest BCUT2D eigenvalue weighted by atomic mass is 16.4. The van der Waals surface area contributed by atoms with E-state index in [2.05, 4.69) is 15.3 Å². The van der Waals surface area contributed by atoms with Crippen molar-refractivity contribution >= 4 is 23.2 Å². The van der Waals surface area contributed by atoms with Crippen molar-refractivity contribution in [1.29, 1.82) is 0 Å². The molecule has 0 spiro atoms. The summed E-state index contributed by atoms with van der Waals surface area (Å²) < 4.78 is 10.9. The molecule has 2 amide bonds. The molecule has 0 saturated carbocycles. The van der Waals surface area contributed by atoms with E-state index in [1.165, 1.54) is 11.3 Å². The molecule has 0 unspecified atom stereocenters. The summed E-state index contributed by atoms with van der Waals surface area (Å²) in [5.74, 6) is 0.643. The van der Waals surface area contributed by atoms with Gasteiger partial charge in [0, 0.05) is 19.4 Å². The van der Waals surface area contributed by atoms with Crippen LogP contribution >= 0.6 is 0 Å². The van der Waals surface area contributed by atoms with Crippen molar-refractivity contribution in [2.75, 3.05) is 11.6 Å². The van der Waals surface area contributed by atoms with Gasteiger partial charge in [-0.15, -0.1) is 10.2 Å². The molecule has 4 rings (SSSR count). The van der Waals surface area contributed by atoms with Crippen LogP contribution in [0.2, 0.25) is 0 Å². The molecule has 154 valence electrons. The van der Waals surface area contributed by atoms with Crippen molar-refractivity contribution < 1.29 is 18.4 Å². The van der Waals surface area contributed by atoms with Crippen LogP contribution in [0.3, 0.4) is 0 Å². The summed E-state index contributed by atoms with van der Waals surface area (Å²) in [7, 11) is 0. The van der Waals surface area contributed by atoms with Gasteiger partial charge in [-0.3, -0.25) is 9.59 Å². The second-order valence-corrected chi connectivity index (χ2v) is 6.79. The number of furan rings is 1. The predicted molar refractivity (Wildman–Crippen MR) is 108 cm³/mol. The van der Waals surface area contributed by atoms with E-state index in [4.69, 9.17) is 8.83 Å². The number of amides is 2. The first-order chi connectivity index (χ1) is 14.7. The highest BCUT2D eigenvalue weighted by molar-refractivity contribution is 6.40. The molecule has 0 radical (unpaired) electrons. The van der Waals surface area contributed by atoms with Crippen LogP contribution in [-0.4, -0.2) is 39.2 Å². The quantitative estimate of drug-likeness (QED) is 0.595. The maximum atomic E-state index is 13.2. The van der Waals surface area contributed by atoms with Crippen molar-refractivity contribution in [2.45, 2.75) is 32.7 Å². The minimum atomic E-state index is -0.247. The number of carbonyl (C=O) groups excluding carboxylic acids is 2. The third-order valence-electron chi connectivity index (χ3n) is 4.59. The van der Waals surface area contributed by atoms with Gasteiger partial charge in [-0.05, 0) is 30.7 Å². The molecule has 0 fully saturated rings. The van der Waals surface area contributed by atoms with Crippen LogP contribution in [0.1, 0.15) is 32.1 Å². The first-order valence-electron chi connectivity index (χ1n) is 9.76. The van der Waals surface area contributed by atoms with Crippen LogP contribution in [0.15, 0.2) is 62.7 Å². The lowest BCUT2D eigenvalue weighted by atomic mass is 10.1. The number of aromatic nitrogens is 2. The number of hydrazone groups is 1. The summed E-state index contributed by atoms with van der Waals surface area (Å²) in [4.78, 5) is 27.1. The lowest BCUT2D eigenvalue weighted by Crippen LogP contribution is -2.41. The van der Waals surface area contributed by atoms with Gasteiger partial charge in [-0.2, -0.15) is 5.10 Å². The molecular weight excluding hydrogens is 386 g/mol. The monoisotopic (exact) mass is 407 g/mol. The Balaban J connectivity index is 1.53. The molecule has 0 saturated heterocycles. The Morgan fingerprint density at radius 1 is 1.13 bits per heavy atom. The van der Waals surface area contributed by atoms with Gasteiger partial charge in [0.15, 0.2) is 5.76 Å². The fourth-order valence-electron chi connectivity index (χ4n) is 3.16. The third kappa shape index (κ3) is 4.14. The van der Waals surface area contributed by atoms with Crippen molar-refractivity contribution in [3.63, 3.8) is 0 Å². The lowest BCUT2D eigenvalue weighted by Gasteiger charge is -2.26. The van der Waals surface area contributed by atoms with Crippen molar-refractivity contribution in [3.8, 4) is 11.7 Å². The van der Waals surface area contributed by atoms with Crippen LogP contribution in [0.4, 0.5) is 5.69 Å². The summed E-state index contributed by atoms with van der Waals surface area (Å²) in [6.45, 7) is 2.62. The Bertz CT molecular complexity index is 1040. The molecule has 3 aromatic rings. The zero-order valence-corrected chi connectivity index (χ0v) is 16.5. The molecule has 0 aliphatic carbocycles. The summed E-state index contributed by atoms with van der Waals surface area (Å²) in [6.07, 6.45) is 2.79. The van der Waals surface area contributed by atoms with Gasteiger partial charge >= 0.3 is 0 Å². The SMILES string of the molecule is CCCN(Cc1nnc(-c2ccco2)o1)C(=O)C1=NN(c2ccccc2)C(=O)CC1. The van der Waals surface area contributed by atoms with E-state index >= 15 is 0 Å². The number of benzene rings is 1. The Hall–Kier alpha value is -3.75. The third-order valence-corrected chi connectivity index (χ3v) is 4.59. The molecule has 0 N–H and O–H groups in total. The van der Waals surface area contributed by atoms with Gasteiger partial charge in [0.1, 0.15) is 5.71 Å². The molecule has 0 atom stereocenters. The topological polar surface area (TPSA) is 105 Å². The van der Waals surface area contributed by atoms with E-state index in [-0.39, 0.29) is 30.7 Å². The molecule has 1 aromatic carbocycles. The molecule has 9 heteroatoms. The van der Waals surface area contributed by atoms with E-state index in [9.17, 15) is 9.59 Å². The van der Waals surface area contributed by atoms with Gasteiger partial charge in [0.25, 0.3) is 11.8 Å². The average molecular weight is 407 g/mol. The summed E-state index contributed by atoms with van der Waals surface area (Å²) in [6, 6.07) is 12.5. The Morgan fingerprint density at radius 2 is 1.97 bits per heavy atom. The van der Waals surface area contributed by atoms with E-state index in [0.717, 1.165) is 6.42 Å². The Labute approximate surface area is 173 Å². The normalized spacial score (nSPS) is 14.0. The van der Waals surface area contributed by atoms with E-state index in [1.807, 2.05) is 25.1 Å². The molecule has 3 heterocycles. The first-order valence-corrected chi connectivity index (χ1v) is 9.76. The minimum Gasteiger partial charge on any atom is -0.459 e. The van der Waals surface area contributed by atoms with Gasteiger partial charge in [-0.1, -0.05) is 25.1 Å². The van der Waals surface area contributed by atoms with E-state index in [1.54, 1.807) is 29.2 Å². The Morgan fingerprint density at radius 3 is 2.70 bits per heavy atom. The van der Waals surface area contributed by atoms with Gasteiger partial charge in [0.05, 0.1) is 18.5 Å². The van der Waals surface area contributed by atoms with Gasteiger partial charge in [-0.25, -0.2) is 5.01 Å². The van der Waals surface area contributed by atoms with Gasteiger partial charge < -0.3 is 13.7 Å². The number of rotatable bonds is 7. The fraction of sp³-hybridized carbons (Fsp3) is 0.286. The van der Waals surface area contributed by atoms with E-state index in [0.29, 0.717) is 36.0 Å². The zero-order valence-electron chi connectivity index (χ0n) is 16.5. The second-order valence-electron chi connectivity index (χ2n) is 6.79. The maximum absolute atomic E-state index is 13.2. The summed E-state index contributed by atoms with van der Waals surface area (Å²) in [5.41, 5.74) is 0.965. The van der Waals surface area contributed by atoms with Crippen LogP contribution in [0.5, 0.6) is 0 Å². The molecule has 1 aliphatic heterocycles. The Kier molecular flexibility index (Phi) is 5.69. The number of anilines is 1. The van der Waals surface area contributed by atoms with Crippen LogP contribution in [0.25, 0.3) is 11.7 Å². The maximum Gasteiger partial charge on any atom is 0.283 e. The number of para-hydroxylation sites is 1. The van der Waals surface area contributed by atoms with Gasteiger partial charge in [0.2, 0.25) is 11.8 Å². The molecule has 0 bridgehead atoms. The molecule has 1 aliphatic rings. The zero-order chi connectivity index (χ0) is 20.9. The first kappa shape index (κ1) is 19.6. The van der Waals surface area contributed by atoms with Crippen molar-refractivity contribution in [3.05, 3.63) is 54.6 Å². The summed E-state index contributed by atoms with van der Waals surface area (Å²) >= 11 is 0. The van der Waals surface area contributed by atoms with Crippen molar-refractivity contribution in [2.24, 2.45) is 5.10 Å². The highest BCUT2D eigenvalue weighted by Crippen LogP contribution is 2.22. The van der Waals surface area contributed by atoms with E-state index < -0.39 is 0 Å². The number of hydrogen-bond donors (Lipinski definition) is 0. The molecular formula is C21H21N5O4. The van der Waals surface area contributed by atoms with Crippen LogP contribution in [0, 0.1) is 0 Å². The average Bonchev–Trinajstić information content (AvgIpc) is 3.46. The van der Waals surface area contributed by atoms with Crippen LogP contribution < -0.4 is 5.01 Å². The fourth-order valence-corrected chi connectivity index (χ4v) is 3.16. The van der Waals surface area contributed by atoms with Crippen LogP contribution in [-0.2, 0) is 16.1 Å². The number of nitrogens with zero attached hydrogens (tertiary/aromatic N) is 5. The standard InChI is InChI=1S/C21H21N5O4/c1-2-12-25(14-18-22-23-20(30-18)17-9-6-13-29-17)21(28)16-10-11-19(27)26(24-16)15-7-4-3-5-8-15/h3-9,13H,2,10-12,14H2,1H3. The molecule has 30 heavy (non-hydrogen) atoms. The van der Waals surface area contributed by atoms with Crippen molar-refractivity contribution in [1.82, 2.24) is 15.1 Å². The summed E-state index contributed by atoms with van der Waals surface area (Å²) in [5, 5.41) is 13.6. The number of hydrogen-bond acceptors (Lipinski definition) is 7. The highest BCUT2D eigenvalue weighted by Gasteiger charge is 2.29. The molecule has 9 nitrogen and oxygen atoms in total.